The van der Waals surface area contributed by atoms with Crippen LogP contribution in [-0.4, -0.2) is 37.9 Å². The van der Waals surface area contributed by atoms with Crippen LogP contribution < -0.4 is 0 Å². The van der Waals surface area contributed by atoms with Gasteiger partial charge in [0, 0.05) is 24.3 Å². The summed E-state index contributed by atoms with van der Waals surface area (Å²) in [6.45, 7) is 1.37. The molecule has 0 unspecified atom stereocenters. The zero-order valence-corrected chi connectivity index (χ0v) is 18.1. The van der Waals surface area contributed by atoms with Crippen LogP contribution in [0.5, 0.6) is 0 Å². The third-order valence-corrected chi connectivity index (χ3v) is 6.47. The van der Waals surface area contributed by atoms with Crippen LogP contribution in [0, 0.1) is 5.82 Å². The Morgan fingerprint density at radius 2 is 1.62 bits per heavy atom. The second-order valence-electron chi connectivity index (χ2n) is 7.61. The van der Waals surface area contributed by atoms with Gasteiger partial charge in [-0.1, -0.05) is 54.2 Å². The van der Waals surface area contributed by atoms with Gasteiger partial charge in [0.1, 0.15) is 5.82 Å². The molecule has 1 aliphatic rings. The molecule has 1 aliphatic heterocycles. The molecule has 0 fully saturated rings. The molecule has 2 heterocycles. The van der Waals surface area contributed by atoms with Crippen LogP contribution in [0.2, 0.25) is 0 Å². The SMILES string of the molecule is O=C(CSc1nnc(-c2ccc(F)cc2)n1-c1ccccc1)N1CCc2ccccc2C1. The molecule has 1 aromatic heterocycles. The highest BCUT2D eigenvalue weighted by molar-refractivity contribution is 7.99. The van der Waals surface area contributed by atoms with Crippen LogP contribution in [0.3, 0.4) is 0 Å². The number of benzene rings is 3. The molecule has 160 valence electrons. The Morgan fingerprint density at radius 3 is 2.41 bits per heavy atom. The van der Waals surface area contributed by atoms with Crippen molar-refractivity contribution in [2.45, 2.75) is 18.1 Å². The maximum absolute atomic E-state index is 13.4. The predicted molar refractivity (Wildman–Crippen MR) is 123 cm³/mol. The summed E-state index contributed by atoms with van der Waals surface area (Å²) in [4.78, 5) is 14.9. The molecule has 3 aromatic carbocycles. The summed E-state index contributed by atoms with van der Waals surface area (Å²) in [5.74, 6) is 0.660. The van der Waals surface area contributed by atoms with Crippen molar-refractivity contribution in [2.24, 2.45) is 0 Å². The lowest BCUT2D eigenvalue weighted by molar-refractivity contribution is -0.129. The normalized spacial score (nSPS) is 13.1. The molecule has 7 heteroatoms. The van der Waals surface area contributed by atoms with E-state index in [1.165, 1.54) is 35.0 Å². The first-order valence-corrected chi connectivity index (χ1v) is 11.4. The number of para-hydroxylation sites is 1. The van der Waals surface area contributed by atoms with Crippen molar-refractivity contribution < 1.29 is 9.18 Å². The number of fused-ring (bicyclic) bond motifs is 1. The summed E-state index contributed by atoms with van der Waals surface area (Å²) in [5, 5.41) is 9.34. The van der Waals surface area contributed by atoms with Gasteiger partial charge in [-0.25, -0.2) is 4.39 Å². The van der Waals surface area contributed by atoms with Gasteiger partial charge in [-0.3, -0.25) is 9.36 Å². The van der Waals surface area contributed by atoms with Crippen LogP contribution in [-0.2, 0) is 17.8 Å². The summed E-state index contributed by atoms with van der Waals surface area (Å²) in [6.07, 6.45) is 0.876. The average molecular weight is 445 g/mol. The monoisotopic (exact) mass is 444 g/mol. The highest BCUT2D eigenvalue weighted by Crippen LogP contribution is 2.29. The average Bonchev–Trinajstić information content (AvgIpc) is 3.27. The lowest BCUT2D eigenvalue weighted by Crippen LogP contribution is -2.37. The smallest absolute Gasteiger partial charge is 0.233 e. The number of hydrogen-bond acceptors (Lipinski definition) is 4. The molecule has 0 aliphatic carbocycles. The molecule has 0 bridgehead atoms. The number of hydrogen-bond donors (Lipinski definition) is 0. The maximum atomic E-state index is 13.4. The number of halogens is 1. The van der Waals surface area contributed by atoms with Crippen molar-refractivity contribution in [1.82, 2.24) is 19.7 Å². The van der Waals surface area contributed by atoms with E-state index in [4.69, 9.17) is 0 Å². The summed E-state index contributed by atoms with van der Waals surface area (Å²) < 4.78 is 15.3. The van der Waals surface area contributed by atoms with E-state index >= 15 is 0 Å². The van der Waals surface area contributed by atoms with Crippen LogP contribution in [0.1, 0.15) is 11.1 Å². The van der Waals surface area contributed by atoms with Gasteiger partial charge >= 0.3 is 0 Å². The Morgan fingerprint density at radius 1 is 0.906 bits per heavy atom. The van der Waals surface area contributed by atoms with E-state index in [9.17, 15) is 9.18 Å². The zero-order valence-electron chi connectivity index (χ0n) is 17.3. The van der Waals surface area contributed by atoms with Gasteiger partial charge in [0.05, 0.1) is 5.75 Å². The maximum Gasteiger partial charge on any atom is 0.233 e. The Hall–Kier alpha value is -3.45. The molecule has 0 spiro atoms. The Bertz CT molecular complexity index is 1240. The van der Waals surface area contributed by atoms with Crippen LogP contribution in [0.15, 0.2) is 84.0 Å². The number of nitrogens with zero attached hydrogens (tertiary/aromatic N) is 4. The zero-order chi connectivity index (χ0) is 21.9. The lowest BCUT2D eigenvalue weighted by atomic mass is 10.00. The molecule has 5 nitrogen and oxygen atoms in total. The lowest BCUT2D eigenvalue weighted by Gasteiger charge is -2.28. The van der Waals surface area contributed by atoms with Crippen molar-refractivity contribution in [1.29, 1.82) is 0 Å². The van der Waals surface area contributed by atoms with Crippen molar-refractivity contribution in [3.63, 3.8) is 0 Å². The van der Waals surface area contributed by atoms with E-state index in [2.05, 4.69) is 22.3 Å². The Kier molecular flexibility index (Phi) is 5.73. The molecule has 0 atom stereocenters. The van der Waals surface area contributed by atoms with E-state index in [0.29, 0.717) is 17.5 Å². The van der Waals surface area contributed by atoms with E-state index in [0.717, 1.165) is 24.2 Å². The van der Waals surface area contributed by atoms with E-state index in [1.807, 2.05) is 51.9 Å². The van der Waals surface area contributed by atoms with Gasteiger partial charge in [0.15, 0.2) is 11.0 Å². The standard InChI is InChI=1S/C25H21FN4OS/c26-21-12-10-19(11-13-21)24-27-28-25(30(24)22-8-2-1-3-9-22)32-17-23(31)29-15-14-18-6-4-5-7-20(18)16-29/h1-13H,14-17H2. The molecule has 0 saturated heterocycles. The number of carbonyl (C=O) groups is 1. The quantitative estimate of drug-likeness (QED) is 0.417. The second kappa shape index (κ2) is 8.96. The minimum atomic E-state index is -0.303. The summed E-state index contributed by atoms with van der Waals surface area (Å²) in [5.41, 5.74) is 4.17. The van der Waals surface area contributed by atoms with Gasteiger partial charge in [-0.05, 0) is 53.9 Å². The van der Waals surface area contributed by atoms with E-state index in [1.54, 1.807) is 12.1 Å². The number of aromatic nitrogens is 3. The second-order valence-corrected chi connectivity index (χ2v) is 8.55. The molecule has 0 saturated carbocycles. The third-order valence-electron chi connectivity index (χ3n) is 5.56. The van der Waals surface area contributed by atoms with Gasteiger partial charge in [0.2, 0.25) is 5.91 Å². The number of thioether (sulfide) groups is 1. The van der Waals surface area contributed by atoms with Crippen molar-refractivity contribution >= 4 is 17.7 Å². The van der Waals surface area contributed by atoms with Gasteiger partial charge < -0.3 is 4.90 Å². The summed E-state index contributed by atoms with van der Waals surface area (Å²) in [6, 6.07) is 24.2. The summed E-state index contributed by atoms with van der Waals surface area (Å²) in [7, 11) is 0. The summed E-state index contributed by atoms with van der Waals surface area (Å²) >= 11 is 1.37. The van der Waals surface area contributed by atoms with Gasteiger partial charge in [0.25, 0.3) is 0 Å². The topological polar surface area (TPSA) is 51.0 Å². The molecule has 0 N–H and O–H groups in total. The van der Waals surface area contributed by atoms with Crippen LogP contribution in [0.4, 0.5) is 4.39 Å². The minimum absolute atomic E-state index is 0.0791. The largest absolute Gasteiger partial charge is 0.337 e. The van der Waals surface area contributed by atoms with Gasteiger partial charge in [-0.15, -0.1) is 10.2 Å². The highest BCUT2D eigenvalue weighted by atomic mass is 32.2. The van der Waals surface area contributed by atoms with E-state index in [-0.39, 0.29) is 17.5 Å². The fourth-order valence-corrected chi connectivity index (χ4v) is 4.74. The molecular formula is C25H21FN4OS. The molecule has 32 heavy (non-hydrogen) atoms. The highest BCUT2D eigenvalue weighted by Gasteiger charge is 2.22. The molecule has 4 aromatic rings. The first-order chi connectivity index (χ1) is 15.7. The van der Waals surface area contributed by atoms with Crippen LogP contribution in [0.25, 0.3) is 17.1 Å². The molecule has 1 amide bonds. The third kappa shape index (κ3) is 4.16. The number of amides is 1. The van der Waals surface area contributed by atoms with E-state index < -0.39 is 0 Å². The Balaban J connectivity index is 1.38. The first-order valence-electron chi connectivity index (χ1n) is 10.4. The predicted octanol–water partition coefficient (Wildman–Crippen LogP) is 4.75. The number of rotatable bonds is 5. The van der Waals surface area contributed by atoms with Crippen molar-refractivity contribution in [2.75, 3.05) is 12.3 Å². The number of carbonyl (C=O) groups excluding carboxylic acids is 1. The molecule has 0 radical (unpaired) electrons. The fraction of sp³-hybridized carbons (Fsp3) is 0.160. The van der Waals surface area contributed by atoms with Crippen molar-refractivity contribution in [3.8, 4) is 17.1 Å². The fourth-order valence-electron chi connectivity index (χ4n) is 3.89. The minimum Gasteiger partial charge on any atom is -0.337 e. The first kappa shape index (κ1) is 20.5. The van der Waals surface area contributed by atoms with Crippen LogP contribution >= 0.6 is 11.8 Å². The molecular weight excluding hydrogens is 423 g/mol. The molecule has 5 rings (SSSR count). The van der Waals surface area contributed by atoms with Crippen molar-refractivity contribution in [3.05, 3.63) is 95.8 Å². The Labute approximate surface area is 189 Å². The van der Waals surface area contributed by atoms with Gasteiger partial charge in [-0.2, -0.15) is 0 Å².